The predicted molar refractivity (Wildman–Crippen MR) is 72.4 cm³/mol. The molecule has 5 nitrogen and oxygen atoms in total. The highest BCUT2D eigenvalue weighted by Gasteiger charge is 2.14. The molecule has 104 valence electrons. The molecule has 1 aromatic carbocycles. The molecule has 0 aliphatic carbocycles. The summed E-state index contributed by atoms with van der Waals surface area (Å²) in [5.74, 6) is 0.266. The summed E-state index contributed by atoms with van der Waals surface area (Å²) in [6.07, 6.45) is 0.225. The van der Waals surface area contributed by atoms with Crippen LogP contribution in [0.15, 0.2) is 18.2 Å². The normalized spacial score (nSPS) is 9.89. The smallest absolute Gasteiger partial charge is 0.306 e. The quantitative estimate of drug-likeness (QED) is 0.763. The molecule has 0 fully saturated rings. The van der Waals surface area contributed by atoms with Crippen molar-refractivity contribution in [3.05, 3.63) is 23.8 Å². The second-order valence-corrected chi connectivity index (χ2v) is 4.18. The molecule has 0 saturated carbocycles. The lowest BCUT2D eigenvalue weighted by atomic mass is 10.1. The fourth-order valence-corrected chi connectivity index (χ4v) is 1.69. The number of esters is 1. The topological polar surface area (TPSA) is 55.8 Å². The Morgan fingerprint density at radius 1 is 1.21 bits per heavy atom. The van der Waals surface area contributed by atoms with Gasteiger partial charge in [0.25, 0.3) is 0 Å². The van der Waals surface area contributed by atoms with Gasteiger partial charge in [0, 0.05) is 19.2 Å². The zero-order chi connectivity index (χ0) is 14.4. The van der Waals surface area contributed by atoms with Gasteiger partial charge in [-0.15, -0.1) is 0 Å². The number of aryl methyl sites for hydroxylation is 1. The molecular weight excluding hydrogens is 246 g/mol. The first kappa shape index (κ1) is 15.0. The average Bonchev–Trinajstić information content (AvgIpc) is 2.43. The summed E-state index contributed by atoms with van der Waals surface area (Å²) >= 11 is 0. The van der Waals surface area contributed by atoms with E-state index in [0.717, 1.165) is 17.0 Å². The summed E-state index contributed by atoms with van der Waals surface area (Å²) in [6.45, 7) is 1.91. The second-order valence-electron chi connectivity index (χ2n) is 4.18. The largest absolute Gasteiger partial charge is 0.496 e. The maximum atomic E-state index is 11.9. The number of ether oxygens (including phenoxy) is 2. The number of hydrogen-bond acceptors (Lipinski definition) is 4. The van der Waals surface area contributed by atoms with Crippen molar-refractivity contribution >= 4 is 17.6 Å². The Labute approximate surface area is 113 Å². The third-order valence-electron chi connectivity index (χ3n) is 2.91. The molecule has 0 aliphatic heterocycles. The molecule has 5 heteroatoms. The van der Waals surface area contributed by atoms with Gasteiger partial charge in [-0.1, -0.05) is 0 Å². The van der Waals surface area contributed by atoms with E-state index in [4.69, 9.17) is 4.74 Å². The van der Waals surface area contributed by atoms with Crippen LogP contribution < -0.4 is 9.64 Å². The molecule has 1 rings (SSSR count). The van der Waals surface area contributed by atoms with E-state index in [9.17, 15) is 9.59 Å². The van der Waals surface area contributed by atoms with Crippen molar-refractivity contribution in [3.8, 4) is 5.75 Å². The van der Waals surface area contributed by atoms with Crippen LogP contribution in [-0.4, -0.2) is 33.1 Å². The molecule has 19 heavy (non-hydrogen) atoms. The summed E-state index contributed by atoms with van der Waals surface area (Å²) in [5.41, 5.74) is 1.72. The van der Waals surface area contributed by atoms with Crippen molar-refractivity contribution in [2.45, 2.75) is 19.8 Å². The number of nitrogens with zero attached hydrogens (tertiary/aromatic N) is 1. The Morgan fingerprint density at radius 3 is 2.42 bits per heavy atom. The van der Waals surface area contributed by atoms with Gasteiger partial charge in [0.2, 0.25) is 5.91 Å². The SMILES string of the molecule is COC(=O)CCC(=O)N(C)c1ccc(OC)c(C)c1. The molecule has 0 saturated heterocycles. The number of carbonyl (C=O) groups excluding carboxylic acids is 2. The van der Waals surface area contributed by atoms with Gasteiger partial charge < -0.3 is 14.4 Å². The van der Waals surface area contributed by atoms with Gasteiger partial charge in [0.05, 0.1) is 20.6 Å². The van der Waals surface area contributed by atoms with E-state index in [1.165, 1.54) is 12.0 Å². The maximum absolute atomic E-state index is 11.9. The molecule has 0 aromatic heterocycles. The van der Waals surface area contributed by atoms with Crippen molar-refractivity contribution in [2.75, 3.05) is 26.2 Å². The molecule has 0 atom stereocenters. The van der Waals surface area contributed by atoms with Gasteiger partial charge in [-0.05, 0) is 30.7 Å². The molecule has 1 aromatic rings. The molecule has 0 aliphatic rings. The van der Waals surface area contributed by atoms with Crippen LogP contribution in [0, 0.1) is 6.92 Å². The number of anilines is 1. The van der Waals surface area contributed by atoms with Crippen molar-refractivity contribution in [1.29, 1.82) is 0 Å². The third kappa shape index (κ3) is 3.98. The highest BCUT2D eigenvalue weighted by Crippen LogP contribution is 2.23. The second kappa shape index (κ2) is 6.78. The minimum Gasteiger partial charge on any atom is -0.496 e. The van der Waals surface area contributed by atoms with Gasteiger partial charge in [-0.2, -0.15) is 0 Å². The number of carbonyl (C=O) groups is 2. The van der Waals surface area contributed by atoms with Crippen LogP contribution in [0.2, 0.25) is 0 Å². The van der Waals surface area contributed by atoms with Gasteiger partial charge in [0.15, 0.2) is 0 Å². The van der Waals surface area contributed by atoms with Crippen LogP contribution in [0.5, 0.6) is 5.75 Å². The monoisotopic (exact) mass is 265 g/mol. The number of methoxy groups -OCH3 is 2. The minimum atomic E-state index is -0.382. The zero-order valence-electron chi connectivity index (χ0n) is 11.7. The van der Waals surface area contributed by atoms with E-state index >= 15 is 0 Å². The lowest BCUT2D eigenvalue weighted by Crippen LogP contribution is -2.26. The van der Waals surface area contributed by atoms with Crippen molar-refractivity contribution in [3.63, 3.8) is 0 Å². The molecular formula is C14H19NO4. The van der Waals surface area contributed by atoms with Gasteiger partial charge >= 0.3 is 5.97 Å². The molecule has 0 radical (unpaired) electrons. The minimum absolute atomic E-state index is 0.0921. The number of benzene rings is 1. The summed E-state index contributed by atoms with van der Waals surface area (Å²) in [5, 5.41) is 0. The highest BCUT2D eigenvalue weighted by molar-refractivity contribution is 5.94. The van der Waals surface area contributed by atoms with Crippen LogP contribution in [0.3, 0.4) is 0 Å². The van der Waals surface area contributed by atoms with E-state index < -0.39 is 0 Å². The molecule has 0 spiro atoms. The van der Waals surface area contributed by atoms with Crippen LogP contribution in [0.1, 0.15) is 18.4 Å². The first-order chi connectivity index (χ1) is 8.99. The number of amides is 1. The summed E-state index contributed by atoms with van der Waals surface area (Å²) in [6, 6.07) is 5.49. The van der Waals surface area contributed by atoms with Crippen LogP contribution in [0.25, 0.3) is 0 Å². The molecule has 1 amide bonds. The van der Waals surface area contributed by atoms with Gasteiger partial charge in [-0.25, -0.2) is 0 Å². The fraction of sp³-hybridized carbons (Fsp3) is 0.429. The first-order valence-corrected chi connectivity index (χ1v) is 5.97. The van der Waals surface area contributed by atoms with Crippen LogP contribution >= 0.6 is 0 Å². The molecule has 0 heterocycles. The maximum Gasteiger partial charge on any atom is 0.306 e. The van der Waals surface area contributed by atoms with E-state index in [-0.39, 0.29) is 24.7 Å². The number of hydrogen-bond donors (Lipinski definition) is 0. The molecule has 0 bridgehead atoms. The standard InChI is InChI=1S/C14H19NO4/c1-10-9-11(5-6-12(10)18-3)15(2)13(16)7-8-14(17)19-4/h5-6,9H,7-8H2,1-4H3. The average molecular weight is 265 g/mol. The Hall–Kier alpha value is -2.04. The van der Waals surface area contributed by atoms with Gasteiger partial charge in [0.1, 0.15) is 5.75 Å². The third-order valence-corrected chi connectivity index (χ3v) is 2.91. The fourth-order valence-electron chi connectivity index (χ4n) is 1.69. The lowest BCUT2D eigenvalue weighted by Gasteiger charge is -2.18. The summed E-state index contributed by atoms with van der Waals surface area (Å²) in [4.78, 5) is 24.4. The van der Waals surface area contributed by atoms with Crippen molar-refractivity contribution in [1.82, 2.24) is 0 Å². The van der Waals surface area contributed by atoms with Gasteiger partial charge in [-0.3, -0.25) is 9.59 Å². The molecule has 0 N–H and O–H groups in total. The summed E-state index contributed by atoms with van der Waals surface area (Å²) in [7, 11) is 4.59. The van der Waals surface area contributed by atoms with E-state index in [1.807, 2.05) is 25.1 Å². The Balaban J connectivity index is 2.71. The van der Waals surface area contributed by atoms with E-state index in [1.54, 1.807) is 14.2 Å². The summed E-state index contributed by atoms with van der Waals surface area (Å²) < 4.78 is 9.68. The Bertz CT molecular complexity index is 471. The van der Waals surface area contributed by atoms with Crippen molar-refractivity contribution in [2.24, 2.45) is 0 Å². The van der Waals surface area contributed by atoms with E-state index in [0.29, 0.717) is 0 Å². The van der Waals surface area contributed by atoms with Crippen LogP contribution in [-0.2, 0) is 14.3 Å². The van der Waals surface area contributed by atoms with Crippen molar-refractivity contribution < 1.29 is 19.1 Å². The molecule has 0 unspecified atom stereocenters. The van der Waals surface area contributed by atoms with Crippen LogP contribution in [0.4, 0.5) is 5.69 Å². The zero-order valence-corrected chi connectivity index (χ0v) is 11.7. The Morgan fingerprint density at radius 2 is 1.89 bits per heavy atom. The number of rotatable bonds is 5. The van der Waals surface area contributed by atoms with E-state index in [2.05, 4.69) is 4.74 Å². The predicted octanol–water partition coefficient (Wildman–Crippen LogP) is 1.92. The Kier molecular flexibility index (Phi) is 5.36. The highest BCUT2D eigenvalue weighted by atomic mass is 16.5. The lowest BCUT2D eigenvalue weighted by molar-refractivity contribution is -0.141. The first-order valence-electron chi connectivity index (χ1n) is 5.97.